The number of hydrogen-bond donors (Lipinski definition) is 0. The lowest BCUT2D eigenvalue weighted by Crippen LogP contribution is -2.11. The van der Waals surface area contributed by atoms with Crippen LogP contribution < -0.4 is 4.90 Å². The van der Waals surface area contributed by atoms with Crippen LogP contribution in [-0.2, 0) is 0 Å². The Balaban J connectivity index is 1.12. The molecule has 0 aliphatic heterocycles. The van der Waals surface area contributed by atoms with Gasteiger partial charge in [-0.2, -0.15) is 0 Å². The van der Waals surface area contributed by atoms with E-state index in [9.17, 15) is 0 Å². The van der Waals surface area contributed by atoms with Crippen LogP contribution in [0.2, 0.25) is 0 Å². The van der Waals surface area contributed by atoms with Crippen molar-refractivity contribution in [1.29, 1.82) is 0 Å². The van der Waals surface area contributed by atoms with E-state index in [0.29, 0.717) is 0 Å². The summed E-state index contributed by atoms with van der Waals surface area (Å²) < 4.78 is 6.90. The van der Waals surface area contributed by atoms with E-state index in [4.69, 9.17) is 4.42 Å². The highest BCUT2D eigenvalue weighted by Gasteiger charge is 2.23. The normalized spacial score (nSPS) is 11.4. The molecule has 0 unspecified atom stereocenters. The first kappa shape index (κ1) is 33.6. The number of furan rings is 1. The number of nitrogens with zero attached hydrogens (tertiary/aromatic N) is 1. The molecule has 0 spiro atoms. The minimum Gasteiger partial charge on any atom is -0.455 e. The van der Waals surface area contributed by atoms with Gasteiger partial charge >= 0.3 is 0 Å². The van der Waals surface area contributed by atoms with Crippen molar-refractivity contribution < 1.29 is 4.42 Å². The number of fused-ring (bicyclic) bond motifs is 6. The molecule has 0 amide bonds. The average Bonchev–Trinajstić information content (AvgIpc) is 3.69. The second-order valence-electron chi connectivity index (χ2n) is 14.9. The summed E-state index contributed by atoms with van der Waals surface area (Å²) in [5.74, 6) is 0. The zero-order valence-electron chi connectivity index (χ0n) is 31.7. The summed E-state index contributed by atoms with van der Waals surface area (Å²) >= 11 is 0. The highest BCUT2D eigenvalue weighted by atomic mass is 16.3. The molecule has 0 aliphatic carbocycles. The lowest BCUT2D eigenvalue weighted by atomic mass is 9.93. The first-order valence-electron chi connectivity index (χ1n) is 19.8. The molecule has 0 radical (unpaired) electrons. The molecule has 2 nitrogen and oxygen atoms in total. The first-order chi connectivity index (χ1) is 28.8. The third-order valence-corrected chi connectivity index (χ3v) is 11.5. The van der Waals surface area contributed by atoms with E-state index in [1.807, 2.05) is 0 Å². The first-order valence-corrected chi connectivity index (χ1v) is 19.8. The fourth-order valence-electron chi connectivity index (χ4n) is 8.65. The van der Waals surface area contributed by atoms with Gasteiger partial charge in [0.05, 0.1) is 16.8 Å². The summed E-state index contributed by atoms with van der Waals surface area (Å²) in [7, 11) is 0. The molecule has 1 heterocycles. The van der Waals surface area contributed by atoms with Crippen LogP contribution in [0.5, 0.6) is 0 Å². The molecule has 0 fully saturated rings. The van der Waals surface area contributed by atoms with E-state index in [2.05, 4.69) is 229 Å². The lowest BCUT2D eigenvalue weighted by Gasteiger charge is -2.28. The van der Waals surface area contributed by atoms with Gasteiger partial charge in [0.1, 0.15) is 11.2 Å². The monoisotopic (exact) mass is 739 g/mol. The van der Waals surface area contributed by atoms with Crippen molar-refractivity contribution in [2.45, 2.75) is 0 Å². The molecular formula is C56H37NO. The molecule has 272 valence electrons. The molecule has 1 aromatic heterocycles. The smallest absolute Gasteiger partial charge is 0.143 e. The fourth-order valence-corrected chi connectivity index (χ4v) is 8.65. The Morgan fingerprint density at radius 3 is 1.52 bits per heavy atom. The topological polar surface area (TPSA) is 16.4 Å². The quantitative estimate of drug-likeness (QED) is 0.162. The molecule has 0 saturated carbocycles. The molecule has 2 heteroatoms. The Hall–Kier alpha value is -7.68. The standard InChI is InChI=1S/C56H37NO/c1-3-14-38(15-4-1)40-28-30-42(31-29-40)45-20-11-21-46(36-45)57(52-25-12-19-43-18-7-8-22-47(43)52)53-26-13-27-54-55(53)51-37-50(48-23-9-10-24-49(48)56(51)58-54)44-34-32-41(33-35-44)39-16-5-2-6-17-39/h1-37H. The summed E-state index contributed by atoms with van der Waals surface area (Å²) in [5.41, 5.74) is 14.5. The van der Waals surface area contributed by atoms with Gasteiger partial charge < -0.3 is 9.32 Å². The molecule has 0 N–H and O–H groups in total. The van der Waals surface area contributed by atoms with Crippen molar-refractivity contribution >= 4 is 60.5 Å². The van der Waals surface area contributed by atoms with Crippen molar-refractivity contribution in [1.82, 2.24) is 0 Å². The summed E-state index contributed by atoms with van der Waals surface area (Å²) in [6, 6.07) is 80.6. The molecule has 0 aliphatic rings. The summed E-state index contributed by atoms with van der Waals surface area (Å²) in [6.45, 7) is 0. The van der Waals surface area contributed by atoms with E-state index in [-0.39, 0.29) is 0 Å². The van der Waals surface area contributed by atoms with Crippen molar-refractivity contribution in [3.8, 4) is 44.5 Å². The van der Waals surface area contributed by atoms with Gasteiger partial charge in [-0.25, -0.2) is 0 Å². The summed E-state index contributed by atoms with van der Waals surface area (Å²) in [6.07, 6.45) is 0. The Labute approximate surface area is 337 Å². The van der Waals surface area contributed by atoms with Gasteiger partial charge in [-0.15, -0.1) is 0 Å². The molecular weight excluding hydrogens is 703 g/mol. The van der Waals surface area contributed by atoms with Gasteiger partial charge in [-0.3, -0.25) is 0 Å². The largest absolute Gasteiger partial charge is 0.455 e. The minimum atomic E-state index is 0.854. The van der Waals surface area contributed by atoms with Crippen LogP contribution in [0.1, 0.15) is 0 Å². The lowest BCUT2D eigenvalue weighted by molar-refractivity contribution is 0.672. The van der Waals surface area contributed by atoms with E-state index < -0.39 is 0 Å². The highest BCUT2D eigenvalue weighted by Crippen LogP contribution is 2.48. The van der Waals surface area contributed by atoms with E-state index in [1.54, 1.807) is 0 Å². The van der Waals surface area contributed by atoms with Crippen LogP contribution in [0, 0.1) is 0 Å². The van der Waals surface area contributed by atoms with Crippen LogP contribution in [0.4, 0.5) is 17.1 Å². The minimum absolute atomic E-state index is 0.854. The Kier molecular flexibility index (Phi) is 8.19. The predicted molar refractivity (Wildman–Crippen MR) is 245 cm³/mol. The number of hydrogen-bond acceptors (Lipinski definition) is 2. The maximum absolute atomic E-state index is 6.90. The summed E-state index contributed by atoms with van der Waals surface area (Å²) in [5, 5.41) is 6.80. The Morgan fingerprint density at radius 1 is 0.310 bits per heavy atom. The highest BCUT2D eigenvalue weighted by molar-refractivity contribution is 6.23. The van der Waals surface area contributed by atoms with Crippen molar-refractivity contribution in [3.63, 3.8) is 0 Å². The SMILES string of the molecule is c1ccc(-c2ccc(-c3cccc(N(c4cccc5ccccc45)c4cccc5oc6c7ccccc7c(-c7ccc(-c8ccccc8)cc7)cc6c45)c3)cc2)cc1. The van der Waals surface area contributed by atoms with Crippen LogP contribution in [0.25, 0.3) is 88.0 Å². The van der Waals surface area contributed by atoms with E-state index >= 15 is 0 Å². The van der Waals surface area contributed by atoms with Crippen molar-refractivity contribution in [2.75, 3.05) is 4.90 Å². The van der Waals surface area contributed by atoms with Gasteiger partial charge in [-0.05, 0) is 91.7 Å². The molecule has 0 bridgehead atoms. The van der Waals surface area contributed by atoms with Crippen LogP contribution >= 0.6 is 0 Å². The third-order valence-electron chi connectivity index (χ3n) is 11.5. The van der Waals surface area contributed by atoms with Gasteiger partial charge in [0, 0.05) is 21.8 Å². The maximum Gasteiger partial charge on any atom is 0.143 e. The number of rotatable bonds is 7. The molecule has 0 saturated heterocycles. The van der Waals surface area contributed by atoms with Crippen molar-refractivity contribution in [2.24, 2.45) is 0 Å². The molecule has 11 rings (SSSR count). The Bertz CT molecular complexity index is 3250. The number of benzene rings is 10. The Morgan fingerprint density at radius 2 is 0.810 bits per heavy atom. The van der Waals surface area contributed by atoms with Gasteiger partial charge in [-0.1, -0.05) is 188 Å². The molecule has 0 atom stereocenters. The predicted octanol–water partition coefficient (Wildman–Crippen LogP) is 16.0. The third kappa shape index (κ3) is 5.82. The second kappa shape index (κ2) is 14.1. The molecule has 11 aromatic rings. The van der Waals surface area contributed by atoms with Crippen LogP contribution in [0.3, 0.4) is 0 Å². The molecule has 58 heavy (non-hydrogen) atoms. The second-order valence-corrected chi connectivity index (χ2v) is 14.9. The zero-order valence-corrected chi connectivity index (χ0v) is 31.7. The average molecular weight is 740 g/mol. The van der Waals surface area contributed by atoms with E-state index in [0.717, 1.165) is 50.0 Å². The zero-order chi connectivity index (χ0) is 38.4. The van der Waals surface area contributed by atoms with Gasteiger partial charge in [0.15, 0.2) is 0 Å². The van der Waals surface area contributed by atoms with Gasteiger partial charge in [0.25, 0.3) is 0 Å². The van der Waals surface area contributed by atoms with Crippen LogP contribution in [0.15, 0.2) is 229 Å². The van der Waals surface area contributed by atoms with Crippen molar-refractivity contribution in [3.05, 3.63) is 224 Å². The van der Waals surface area contributed by atoms with E-state index in [1.165, 1.54) is 55.1 Å². The van der Waals surface area contributed by atoms with Crippen LogP contribution in [-0.4, -0.2) is 0 Å². The number of anilines is 3. The van der Waals surface area contributed by atoms with Gasteiger partial charge in [0.2, 0.25) is 0 Å². The summed E-state index contributed by atoms with van der Waals surface area (Å²) in [4.78, 5) is 2.42. The maximum atomic E-state index is 6.90. The molecule has 10 aromatic carbocycles. The fraction of sp³-hybridized carbons (Fsp3) is 0.